The SMILES string of the molecule is Cc1c(C(=O)Nc2ccc3c(c2)N(C(=O)C(C)(C)C)CCO3)cnn1Cc1ccccc1. The van der Waals surface area contributed by atoms with Gasteiger partial charge < -0.3 is 15.0 Å². The van der Waals surface area contributed by atoms with Crippen LogP contribution >= 0.6 is 0 Å². The lowest BCUT2D eigenvalue weighted by Gasteiger charge is -2.34. The van der Waals surface area contributed by atoms with E-state index in [1.54, 1.807) is 29.3 Å². The van der Waals surface area contributed by atoms with Gasteiger partial charge in [-0.1, -0.05) is 51.1 Å². The average Bonchev–Trinajstić information content (AvgIpc) is 3.13. The molecule has 1 N–H and O–H groups in total. The third-order valence-corrected chi connectivity index (χ3v) is 5.49. The highest BCUT2D eigenvalue weighted by atomic mass is 16.5. The maximum absolute atomic E-state index is 13.0. The minimum Gasteiger partial charge on any atom is -0.490 e. The lowest BCUT2D eigenvalue weighted by molar-refractivity contribution is -0.126. The third kappa shape index (κ3) is 4.37. The second kappa shape index (κ2) is 8.49. The van der Waals surface area contributed by atoms with Crippen LogP contribution in [0.1, 0.15) is 42.4 Å². The number of aromatic nitrogens is 2. The molecule has 32 heavy (non-hydrogen) atoms. The highest BCUT2D eigenvalue weighted by Gasteiger charge is 2.32. The topological polar surface area (TPSA) is 76.5 Å². The van der Waals surface area contributed by atoms with Crippen molar-refractivity contribution in [1.29, 1.82) is 0 Å². The highest BCUT2D eigenvalue weighted by Crippen LogP contribution is 2.36. The normalized spacial score (nSPS) is 13.3. The third-order valence-electron chi connectivity index (χ3n) is 5.49. The van der Waals surface area contributed by atoms with Crippen LogP contribution < -0.4 is 15.0 Å². The van der Waals surface area contributed by atoms with E-state index < -0.39 is 5.41 Å². The Balaban J connectivity index is 1.54. The van der Waals surface area contributed by atoms with E-state index in [9.17, 15) is 9.59 Å². The summed E-state index contributed by atoms with van der Waals surface area (Å²) in [5.41, 5.74) is 3.17. The summed E-state index contributed by atoms with van der Waals surface area (Å²) in [6.45, 7) is 9.09. The predicted molar refractivity (Wildman–Crippen MR) is 124 cm³/mol. The van der Waals surface area contributed by atoms with E-state index >= 15 is 0 Å². The first-order valence-electron chi connectivity index (χ1n) is 10.7. The molecule has 0 radical (unpaired) electrons. The molecule has 2 heterocycles. The summed E-state index contributed by atoms with van der Waals surface area (Å²) in [6.07, 6.45) is 1.59. The molecule has 2 aromatic carbocycles. The van der Waals surface area contributed by atoms with Gasteiger partial charge in [0.2, 0.25) is 5.91 Å². The molecule has 0 spiro atoms. The first-order valence-corrected chi connectivity index (χ1v) is 10.7. The van der Waals surface area contributed by atoms with Crippen molar-refractivity contribution in [2.45, 2.75) is 34.2 Å². The summed E-state index contributed by atoms with van der Waals surface area (Å²) < 4.78 is 7.53. The molecule has 0 unspecified atom stereocenters. The number of fused-ring (bicyclic) bond motifs is 1. The fourth-order valence-corrected chi connectivity index (χ4v) is 3.69. The van der Waals surface area contributed by atoms with Gasteiger partial charge >= 0.3 is 0 Å². The van der Waals surface area contributed by atoms with Gasteiger partial charge in [0.05, 0.1) is 30.5 Å². The van der Waals surface area contributed by atoms with E-state index in [0.717, 1.165) is 11.3 Å². The fourth-order valence-electron chi connectivity index (χ4n) is 3.69. The van der Waals surface area contributed by atoms with E-state index in [4.69, 9.17) is 4.74 Å². The second-order valence-corrected chi connectivity index (χ2v) is 8.98. The molecular weight excluding hydrogens is 404 g/mol. The maximum atomic E-state index is 13.0. The molecule has 0 saturated heterocycles. The monoisotopic (exact) mass is 432 g/mol. The summed E-state index contributed by atoms with van der Waals surface area (Å²) in [5.74, 6) is 0.412. The van der Waals surface area contributed by atoms with Crippen molar-refractivity contribution in [3.8, 4) is 5.75 Å². The van der Waals surface area contributed by atoms with E-state index in [0.29, 0.717) is 42.4 Å². The van der Waals surface area contributed by atoms with Gasteiger partial charge in [-0.2, -0.15) is 5.10 Å². The van der Waals surface area contributed by atoms with E-state index in [2.05, 4.69) is 10.4 Å². The Labute approximate surface area is 188 Å². The van der Waals surface area contributed by atoms with E-state index in [1.165, 1.54) is 0 Å². The van der Waals surface area contributed by atoms with E-state index in [1.807, 2.05) is 62.7 Å². The van der Waals surface area contributed by atoms with Crippen LogP contribution in [-0.4, -0.2) is 34.7 Å². The van der Waals surface area contributed by atoms with Crippen molar-refractivity contribution in [2.24, 2.45) is 5.41 Å². The van der Waals surface area contributed by atoms with Gasteiger partial charge in [-0.25, -0.2) is 0 Å². The number of nitrogens with one attached hydrogen (secondary N) is 1. The molecule has 0 saturated carbocycles. The lowest BCUT2D eigenvalue weighted by Crippen LogP contribution is -2.44. The fraction of sp³-hybridized carbons (Fsp3) is 0.320. The molecule has 0 bridgehead atoms. The Morgan fingerprint density at radius 2 is 1.88 bits per heavy atom. The molecule has 0 fully saturated rings. The Morgan fingerprint density at radius 1 is 1.12 bits per heavy atom. The zero-order valence-electron chi connectivity index (χ0n) is 18.9. The molecule has 2 amide bonds. The number of ether oxygens (including phenoxy) is 1. The Hall–Kier alpha value is -3.61. The number of carbonyl (C=O) groups excluding carboxylic acids is 2. The lowest BCUT2D eigenvalue weighted by atomic mass is 9.94. The van der Waals surface area contributed by atoms with Crippen LogP contribution in [0.4, 0.5) is 11.4 Å². The van der Waals surface area contributed by atoms with Crippen molar-refractivity contribution in [2.75, 3.05) is 23.4 Å². The number of nitrogens with zero attached hydrogens (tertiary/aromatic N) is 3. The molecule has 4 rings (SSSR count). The van der Waals surface area contributed by atoms with Crippen LogP contribution in [0.2, 0.25) is 0 Å². The van der Waals surface area contributed by atoms with Crippen LogP contribution in [0.5, 0.6) is 5.75 Å². The minimum absolute atomic E-state index is 0.0172. The Bertz CT molecular complexity index is 1150. The van der Waals surface area contributed by atoms with Crippen molar-refractivity contribution in [3.63, 3.8) is 0 Å². The van der Waals surface area contributed by atoms with E-state index in [-0.39, 0.29) is 11.8 Å². The molecule has 0 aliphatic carbocycles. The van der Waals surface area contributed by atoms with Gasteiger partial charge in [-0.15, -0.1) is 0 Å². The Morgan fingerprint density at radius 3 is 2.59 bits per heavy atom. The molecule has 3 aromatic rings. The summed E-state index contributed by atoms with van der Waals surface area (Å²) >= 11 is 0. The van der Waals surface area contributed by atoms with Gasteiger partial charge in [0.15, 0.2) is 0 Å². The largest absolute Gasteiger partial charge is 0.490 e. The first-order chi connectivity index (χ1) is 15.2. The van der Waals surface area contributed by atoms with Gasteiger partial charge in [0, 0.05) is 16.8 Å². The van der Waals surface area contributed by atoms with Crippen molar-refractivity contribution < 1.29 is 14.3 Å². The minimum atomic E-state index is -0.516. The molecule has 166 valence electrons. The second-order valence-electron chi connectivity index (χ2n) is 8.98. The average molecular weight is 433 g/mol. The Kier molecular flexibility index (Phi) is 5.74. The number of amides is 2. The van der Waals surface area contributed by atoms with Gasteiger partial charge in [0.25, 0.3) is 5.91 Å². The number of rotatable bonds is 4. The zero-order valence-corrected chi connectivity index (χ0v) is 18.9. The number of hydrogen-bond donors (Lipinski definition) is 1. The standard InChI is InChI=1S/C25H28N4O3/c1-17-20(15-26-29(17)16-18-8-6-5-7-9-18)23(30)27-19-10-11-22-21(14-19)28(12-13-32-22)24(31)25(2,3)4/h5-11,14-15H,12-13,16H2,1-4H3,(H,27,30). The van der Waals surface area contributed by atoms with Crippen LogP contribution in [0.25, 0.3) is 0 Å². The molecule has 1 aromatic heterocycles. The van der Waals surface area contributed by atoms with Crippen LogP contribution in [0, 0.1) is 12.3 Å². The molecule has 7 nitrogen and oxygen atoms in total. The molecule has 1 aliphatic heterocycles. The van der Waals surface area contributed by atoms with Crippen LogP contribution in [0.3, 0.4) is 0 Å². The van der Waals surface area contributed by atoms with Gasteiger partial charge in [0.1, 0.15) is 12.4 Å². The summed E-state index contributed by atoms with van der Waals surface area (Å²) in [7, 11) is 0. The maximum Gasteiger partial charge on any atom is 0.259 e. The summed E-state index contributed by atoms with van der Waals surface area (Å²) in [6, 6.07) is 15.4. The first kappa shape index (κ1) is 21.6. The van der Waals surface area contributed by atoms with Gasteiger partial charge in [-0.05, 0) is 30.7 Å². The number of hydrogen-bond acceptors (Lipinski definition) is 4. The molecule has 1 aliphatic rings. The number of anilines is 2. The van der Waals surface area contributed by atoms with Crippen LogP contribution in [-0.2, 0) is 11.3 Å². The quantitative estimate of drug-likeness (QED) is 0.668. The predicted octanol–water partition coefficient (Wildman–Crippen LogP) is 4.26. The highest BCUT2D eigenvalue weighted by molar-refractivity contribution is 6.06. The van der Waals surface area contributed by atoms with Gasteiger partial charge in [-0.3, -0.25) is 14.3 Å². The molecule has 7 heteroatoms. The number of carbonyl (C=O) groups is 2. The molecular formula is C25H28N4O3. The smallest absolute Gasteiger partial charge is 0.259 e. The van der Waals surface area contributed by atoms with Crippen molar-refractivity contribution >= 4 is 23.2 Å². The molecule has 0 atom stereocenters. The van der Waals surface area contributed by atoms with Crippen molar-refractivity contribution in [1.82, 2.24) is 9.78 Å². The van der Waals surface area contributed by atoms with Crippen molar-refractivity contribution in [3.05, 3.63) is 71.5 Å². The van der Waals surface area contributed by atoms with Crippen LogP contribution in [0.15, 0.2) is 54.7 Å². The number of benzene rings is 2. The summed E-state index contributed by atoms with van der Waals surface area (Å²) in [5, 5.41) is 7.33. The zero-order chi connectivity index (χ0) is 22.9. The summed E-state index contributed by atoms with van der Waals surface area (Å²) in [4.78, 5) is 27.6.